The molecule has 0 aliphatic carbocycles. The zero-order valence-electron chi connectivity index (χ0n) is 21.4. The van der Waals surface area contributed by atoms with Crippen LogP contribution in [0.3, 0.4) is 0 Å². The summed E-state index contributed by atoms with van der Waals surface area (Å²) in [5.41, 5.74) is 2.75. The molecule has 1 saturated heterocycles. The van der Waals surface area contributed by atoms with Gasteiger partial charge in [-0.3, -0.25) is 4.79 Å². The predicted molar refractivity (Wildman–Crippen MR) is 148 cm³/mol. The van der Waals surface area contributed by atoms with E-state index in [2.05, 4.69) is 49.0 Å². The lowest BCUT2D eigenvalue weighted by atomic mass is 10.2. The highest BCUT2D eigenvalue weighted by molar-refractivity contribution is 6.03. The van der Waals surface area contributed by atoms with E-state index in [1.807, 2.05) is 19.1 Å². The molecule has 2 aromatic heterocycles. The number of ether oxygens (including phenoxy) is 1. The molecule has 0 atom stereocenters. The van der Waals surface area contributed by atoms with Crippen molar-refractivity contribution in [2.45, 2.75) is 13.3 Å². The van der Waals surface area contributed by atoms with Crippen molar-refractivity contribution >= 4 is 40.0 Å². The summed E-state index contributed by atoms with van der Waals surface area (Å²) in [4.78, 5) is 28.6. The second-order valence-electron chi connectivity index (χ2n) is 9.21. The summed E-state index contributed by atoms with van der Waals surface area (Å²) in [6.07, 6.45) is 2.31. The normalized spacial score (nSPS) is 13.9. The van der Waals surface area contributed by atoms with Crippen molar-refractivity contribution < 1.29 is 13.9 Å². The van der Waals surface area contributed by atoms with Gasteiger partial charge < -0.3 is 30.2 Å². The number of piperazine rings is 1. The first-order chi connectivity index (χ1) is 18.4. The number of amides is 1. The summed E-state index contributed by atoms with van der Waals surface area (Å²) in [6, 6.07) is 13.9. The number of H-pyrrole nitrogens is 1. The third kappa shape index (κ3) is 5.60. The fourth-order valence-electron chi connectivity index (χ4n) is 4.19. The number of halogens is 1. The SMILES string of the molecule is C=C(CC)C(=O)Nc1cccc(Oc2nc(Nc3ccc(N4CCN(C)CC4)c(F)c3)nc3[nH]ccc23)c1. The molecule has 4 aromatic rings. The van der Waals surface area contributed by atoms with E-state index in [-0.39, 0.29) is 17.7 Å². The monoisotopic (exact) mass is 515 g/mol. The smallest absolute Gasteiger partial charge is 0.250 e. The van der Waals surface area contributed by atoms with Gasteiger partial charge in [0.25, 0.3) is 5.91 Å². The van der Waals surface area contributed by atoms with Gasteiger partial charge in [0.1, 0.15) is 17.2 Å². The van der Waals surface area contributed by atoms with Gasteiger partial charge >= 0.3 is 0 Å². The number of aromatic amines is 1. The molecule has 0 radical (unpaired) electrons. The highest BCUT2D eigenvalue weighted by Gasteiger charge is 2.18. The van der Waals surface area contributed by atoms with Crippen molar-refractivity contribution in [2.75, 3.05) is 48.8 Å². The van der Waals surface area contributed by atoms with Gasteiger partial charge in [-0.25, -0.2) is 4.39 Å². The van der Waals surface area contributed by atoms with Crippen LogP contribution in [0.5, 0.6) is 11.6 Å². The molecule has 0 saturated carbocycles. The first kappa shape index (κ1) is 25.2. The number of nitrogens with one attached hydrogen (secondary N) is 3. The van der Waals surface area contributed by atoms with Crippen LogP contribution in [0.4, 0.5) is 27.4 Å². The molecule has 3 N–H and O–H groups in total. The minimum atomic E-state index is -0.304. The average molecular weight is 516 g/mol. The van der Waals surface area contributed by atoms with Crippen molar-refractivity contribution in [3.8, 4) is 11.6 Å². The van der Waals surface area contributed by atoms with Crippen LogP contribution in [0.2, 0.25) is 0 Å². The number of hydrogen-bond donors (Lipinski definition) is 3. The van der Waals surface area contributed by atoms with Gasteiger partial charge in [0.2, 0.25) is 11.8 Å². The zero-order valence-corrected chi connectivity index (χ0v) is 21.4. The Morgan fingerprint density at radius 1 is 1.11 bits per heavy atom. The highest BCUT2D eigenvalue weighted by Crippen LogP contribution is 2.31. The lowest BCUT2D eigenvalue weighted by Crippen LogP contribution is -2.44. The van der Waals surface area contributed by atoms with Crippen LogP contribution in [0.25, 0.3) is 11.0 Å². The second-order valence-corrected chi connectivity index (χ2v) is 9.21. The number of carbonyl (C=O) groups excluding carboxylic acids is 1. The summed E-state index contributed by atoms with van der Waals surface area (Å²) >= 11 is 0. The van der Waals surface area contributed by atoms with Gasteiger partial charge in [-0.2, -0.15) is 9.97 Å². The van der Waals surface area contributed by atoms with E-state index >= 15 is 4.39 Å². The van der Waals surface area contributed by atoms with E-state index in [1.54, 1.807) is 36.5 Å². The highest BCUT2D eigenvalue weighted by atomic mass is 19.1. The molecule has 2 aromatic carbocycles. The molecule has 0 bridgehead atoms. The van der Waals surface area contributed by atoms with Crippen molar-refractivity contribution in [1.82, 2.24) is 19.9 Å². The molecule has 3 heterocycles. The molecule has 38 heavy (non-hydrogen) atoms. The third-order valence-electron chi connectivity index (χ3n) is 6.48. The maximum Gasteiger partial charge on any atom is 0.250 e. The Kier molecular flexibility index (Phi) is 7.23. The summed E-state index contributed by atoms with van der Waals surface area (Å²) in [5, 5.41) is 6.59. The molecule has 10 heteroatoms. The standard InChI is InChI=1S/C28H30FN7O2/c1-4-18(2)26(37)31-19-6-5-7-21(16-19)38-27-22-10-11-30-25(22)33-28(34-27)32-20-8-9-24(23(29)17-20)36-14-12-35(3)13-15-36/h5-11,16-17H,2,4,12-15H2,1,3H3,(H,31,37)(H2,30,32,33,34). The van der Waals surface area contributed by atoms with Crippen LogP contribution in [0.1, 0.15) is 13.3 Å². The number of fused-ring (bicyclic) bond motifs is 1. The summed E-state index contributed by atoms with van der Waals surface area (Å²) < 4.78 is 21.1. The third-order valence-corrected chi connectivity index (χ3v) is 6.48. The van der Waals surface area contributed by atoms with Gasteiger partial charge in [0.05, 0.1) is 11.1 Å². The Bertz CT molecular complexity index is 1480. The molecule has 1 fully saturated rings. The van der Waals surface area contributed by atoms with Gasteiger partial charge in [0, 0.05) is 55.4 Å². The van der Waals surface area contributed by atoms with Gasteiger partial charge in [-0.05, 0) is 49.9 Å². The van der Waals surface area contributed by atoms with Crippen LogP contribution in [0.15, 0.2) is 66.9 Å². The number of hydrogen-bond acceptors (Lipinski definition) is 7. The summed E-state index contributed by atoms with van der Waals surface area (Å²) in [7, 11) is 2.07. The zero-order chi connectivity index (χ0) is 26.6. The molecule has 9 nitrogen and oxygen atoms in total. The first-order valence-corrected chi connectivity index (χ1v) is 12.5. The number of rotatable bonds is 8. The Balaban J connectivity index is 1.35. The quantitative estimate of drug-likeness (QED) is 0.274. The molecular formula is C28H30FN7O2. The van der Waals surface area contributed by atoms with Crippen LogP contribution < -0.4 is 20.3 Å². The lowest BCUT2D eigenvalue weighted by molar-refractivity contribution is -0.112. The van der Waals surface area contributed by atoms with Gasteiger partial charge in [0.15, 0.2) is 0 Å². The Morgan fingerprint density at radius 2 is 1.92 bits per heavy atom. The van der Waals surface area contributed by atoms with E-state index < -0.39 is 0 Å². The average Bonchev–Trinajstić information content (AvgIpc) is 3.38. The van der Waals surface area contributed by atoms with Crippen LogP contribution in [0, 0.1) is 5.82 Å². The minimum Gasteiger partial charge on any atom is -0.438 e. The molecule has 1 aliphatic rings. The van der Waals surface area contributed by atoms with E-state index in [4.69, 9.17) is 4.74 Å². The van der Waals surface area contributed by atoms with E-state index in [9.17, 15) is 4.79 Å². The molecule has 196 valence electrons. The number of nitrogens with zero attached hydrogens (tertiary/aromatic N) is 4. The fourth-order valence-corrected chi connectivity index (χ4v) is 4.19. The number of aromatic nitrogens is 3. The molecule has 0 spiro atoms. The molecule has 5 rings (SSSR count). The predicted octanol–water partition coefficient (Wildman–Crippen LogP) is 5.29. The minimum absolute atomic E-state index is 0.239. The Labute approximate surface area is 220 Å². The Morgan fingerprint density at radius 3 is 2.68 bits per heavy atom. The Hall–Kier alpha value is -4.44. The lowest BCUT2D eigenvalue weighted by Gasteiger charge is -2.34. The molecular weight excluding hydrogens is 485 g/mol. The molecule has 1 aliphatic heterocycles. The maximum atomic E-state index is 15.0. The molecule has 0 unspecified atom stereocenters. The van der Waals surface area contributed by atoms with Crippen LogP contribution >= 0.6 is 0 Å². The number of carbonyl (C=O) groups is 1. The van der Waals surface area contributed by atoms with Crippen molar-refractivity contribution in [2.24, 2.45) is 0 Å². The van der Waals surface area contributed by atoms with Gasteiger partial charge in [-0.15, -0.1) is 0 Å². The van der Waals surface area contributed by atoms with Crippen molar-refractivity contribution in [1.29, 1.82) is 0 Å². The van der Waals surface area contributed by atoms with E-state index in [1.165, 1.54) is 6.07 Å². The number of anilines is 4. The topological polar surface area (TPSA) is 98.4 Å². The summed E-state index contributed by atoms with van der Waals surface area (Å²) in [5.74, 6) is 0.512. The molecule has 1 amide bonds. The fraction of sp³-hybridized carbons (Fsp3) is 0.250. The first-order valence-electron chi connectivity index (χ1n) is 12.5. The largest absolute Gasteiger partial charge is 0.438 e. The maximum absolute atomic E-state index is 15.0. The van der Waals surface area contributed by atoms with Crippen LogP contribution in [-0.2, 0) is 4.79 Å². The summed E-state index contributed by atoms with van der Waals surface area (Å²) in [6.45, 7) is 9.01. The van der Waals surface area contributed by atoms with Gasteiger partial charge in [-0.1, -0.05) is 19.6 Å². The second kappa shape index (κ2) is 10.9. The number of benzene rings is 2. The van der Waals surface area contributed by atoms with Crippen LogP contribution in [-0.4, -0.2) is 59.0 Å². The van der Waals surface area contributed by atoms with E-state index in [0.29, 0.717) is 51.7 Å². The van der Waals surface area contributed by atoms with Crippen molar-refractivity contribution in [3.63, 3.8) is 0 Å². The number of likely N-dealkylation sites (N-methyl/N-ethyl adjacent to an activating group) is 1. The van der Waals surface area contributed by atoms with Crippen molar-refractivity contribution in [3.05, 3.63) is 72.7 Å². The van der Waals surface area contributed by atoms with E-state index in [0.717, 1.165) is 26.2 Å².